The molecule has 0 aliphatic heterocycles. The van der Waals surface area contributed by atoms with Gasteiger partial charge in [0, 0.05) is 17.6 Å². The quantitative estimate of drug-likeness (QED) is 0.854. The average molecular weight is 315 g/mol. The Balaban J connectivity index is 2.06. The van der Waals surface area contributed by atoms with Crippen LogP contribution in [0.15, 0.2) is 53.0 Å². The normalized spacial score (nSPS) is 10.4. The van der Waals surface area contributed by atoms with E-state index in [9.17, 15) is 0 Å². The van der Waals surface area contributed by atoms with E-state index >= 15 is 0 Å². The maximum atomic E-state index is 9.08. The maximum Gasteiger partial charge on any atom is 0.0995 e. The van der Waals surface area contributed by atoms with Crippen LogP contribution in [0.2, 0.25) is 0 Å². The third-order valence-corrected chi connectivity index (χ3v) is 3.41. The van der Waals surface area contributed by atoms with Crippen molar-refractivity contribution in [1.82, 2.24) is 4.90 Å². The molecule has 0 N–H and O–H groups in total. The summed E-state index contributed by atoms with van der Waals surface area (Å²) >= 11 is 3.48. The first-order chi connectivity index (χ1) is 9.19. The van der Waals surface area contributed by atoms with Crippen LogP contribution in [-0.2, 0) is 13.1 Å². The van der Waals surface area contributed by atoms with Gasteiger partial charge in [0.1, 0.15) is 0 Å². The monoisotopic (exact) mass is 314 g/mol. The molecule has 0 saturated carbocycles. The highest BCUT2D eigenvalue weighted by Crippen LogP contribution is 2.15. The predicted molar refractivity (Wildman–Crippen MR) is 80.5 cm³/mol. The molecule has 2 rings (SSSR count). The standard InChI is InChI=1S/C16H15BrN2/c1-19(11-13-5-4-8-16(17)9-13)12-15-7-3-2-6-14(15)10-18/h2-9H,11-12H2,1H3. The Morgan fingerprint density at radius 3 is 2.63 bits per heavy atom. The van der Waals surface area contributed by atoms with E-state index in [4.69, 9.17) is 5.26 Å². The minimum Gasteiger partial charge on any atom is -0.298 e. The van der Waals surface area contributed by atoms with Crippen LogP contribution in [0.4, 0.5) is 0 Å². The fourth-order valence-corrected chi connectivity index (χ4v) is 2.51. The van der Waals surface area contributed by atoms with Crippen LogP contribution in [-0.4, -0.2) is 11.9 Å². The van der Waals surface area contributed by atoms with Crippen molar-refractivity contribution in [2.75, 3.05) is 7.05 Å². The van der Waals surface area contributed by atoms with Crippen LogP contribution in [0.1, 0.15) is 16.7 Å². The van der Waals surface area contributed by atoms with Gasteiger partial charge in [0.25, 0.3) is 0 Å². The van der Waals surface area contributed by atoms with Gasteiger partial charge in [0.15, 0.2) is 0 Å². The Labute approximate surface area is 122 Å². The molecule has 0 aliphatic rings. The third-order valence-electron chi connectivity index (χ3n) is 2.92. The van der Waals surface area contributed by atoms with E-state index in [-0.39, 0.29) is 0 Å². The number of benzene rings is 2. The minimum absolute atomic E-state index is 0.753. The van der Waals surface area contributed by atoms with Gasteiger partial charge in [-0.25, -0.2) is 0 Å². The Hall–Kier alpha value is -1.63. The summed E-state index contributed by atoms with van der Waals surface area (Å²) in [6.07, 6.45) is 0. The Bertz CT molecular complexity index is 602. The molecule has 0 aliphatic carbocycles. The smallest absolute Gasteiger partial charge is 0.0995 e. The second-order valence-corrected chi connectivity index (χ2v) is 5.49. The molecule has 96 valence electrons. The molecular formula is C16H15BrN2. The molecule has 0 amide bonds. The first-order valence-electron chi connectivity index (χ1n) is 6.10. The van der Waals surface area contributed by atoms with Crippen LogP contribution in [0, 0.1) is 11.3 Å². The number of nitrogens with zero attached hydrogens (tertiary/aromatic N) is 2. The highest BCUT2D eigenvalue weighted by molar-refractivity contribution is 9.10. The van der Waals surface area contributed by atoms with E-state index in [1.165, 1.54) is 5.56 Å². The summed E-state index contributed by atoms with van der Waals surface area (Å²) in [5, 5.41) is 9.08. The van der Waals surface area contributed by atoms with Crippen LogP contribution < -0.4 is 0 Å². The Kier molecular flexibility index (Phi) is 4.73. The fraction of sp³-hybridized carbons (Fsp3) is 0.188. The van der Waals surface area contributed by atoms with Crippen LogP contribution in [0.25, 0.3) is 0 Å². The van der Waals surface area contributed by atoms with E-state index < -0.39 is 0 Å². The molecule has 2 nitrogen and oxygen atoms in total. The Morgan fingerprint density at radius 2 is 1.89 bits per heavy atom. The SMILES string of the molecule is CN(Cc1cccc(Br)c1)Cc1ccccc1C#N. The van der Waals surface area contributed by atoms with Gasteiger partial charge >= 0.3 is 0 Å². The zero-order chi connectivity index (χ0) is 13.7. The fourth-order valence-electron chi connectivity index (χ4n) is 2.06. The first-order valence-corrected chi connectivity index (χ1v) is 6.89. The first kappa shape index (κ1) is 13.8. The number of hydrogen-bond donors (Lipinski definition) is 0. The summed E-state index contributed by atoms with van der Waals surface area (Å²) in [6, 6.07) is 18.3. The Morgan fingerprint density at radius 1 is 1.11 bits per heavy atom. The molecule has 19 heavy (non-hydrogen) atoms. The molecule has 0 saturated heterocycles. The molecule has 0 aromatic heterocycles. The van der Waals surface area contributed by atoms with Crippen LogP contribution in [0.5, 0.6) is 0 Å². The van der Waals surface area contributed by atoms with Crippen molar-refractivity contribution in [3.8, 4) is 6.07 Å². The number of halogens is 1. The molecular weight excluding hydrogens is 300 g/mol. The van der Waals surface area contributed by atoms with Gasteiger partial charge < -0.3 is 0 Å². The second kappa shape index (κ2) is 6.51. The van der Waals surface area contributed by atoms with E-state index in [1.54, 1.807) is 0 Å². The van der Waals surface area contributed by atoms with Crippen molar-refractivity contribution in [1.29, 1.82) is 5.26 Å². The van der Waals surface area contributed by atoms with Crippen molar-refractivity contribution in [2.45, 2.75) is 13.1 Å². The topological polar surface area (TPSA) is 27.0 Å². The summed E-state index contributed by atoms with van der Waals surface area (Å²) < 4.78 is 1.09. The minimum atomic E-state index is 0.753. The van der Waals surface area contributed by atoms with Gasteiger partial charge in [0.05, 0.1) is 11.6 Å². The molecule has 0 fully saturated rings. The summed E-state index contributed by atoms with van der Waals surface area (Å²) in [5.74, 6) is 0. The predicted octanol–water partition coefficient (Wildman–Crippen LogP) is 3.95. The molecule has 0 unspecified atom stereocenters. The van der Waals surface area contributed by atoms with Crippen molar-refractivity contribution in [3.63, 3.8) is 0 Å². The van der Waals surface area contributed by atoms with Gasteiger partial charge in [-0.15, -0.1) is 0 Å². The van der Waals surface area contributed by atoms with Gasteiger partial charge in [-0.2, -0.15) is 5.26 Å². The molecule has 2 aromatic rings. The highest BCUT2D eigenvalue weighted by Gasteiger charge is 2.05. The van der Waals surface area contributed by atoms with Gasteiger partial charge in [-0.1, -0.05) is 46.3 Å². The summed E-state index contributed by atoms with van der Waals surface area (Å²) in [6.45, 7) is 1.63. The summed E-state index contributed by atoms with van der Waals surface area (Å²) in [7, 11) is 2.06. The molecule has 0 heterocycles. The lowest BCUT2D eigenvalue weighted by Gasteiger charge is -2.17. The second-order valence-electron chi connectivity index (χ2n) is 4.57. The zero-order valence-corrected chi connectivity index (χ0v) is 12.4. The lowest BCUT2D eigenvalue weighted by molar-refractivity contribution is 0.319. The van der Waals surface area contributed by atoms with E-state index in [1.807, 2.05) is 36.4 Å². The number of nitriles is 1. The maximum absolute atomic E-state index is 9.08. The molecule has 0 spiro atoms. The number of rotatable bonds is 4. The molecule has 0 bridgehead atoms. The van der Waals surface area contributed by atoms with Crippen molar-refractivity contribution in [3.05, 3.63) is 69.7 Å². The molecule has 2 aromatic carbocycles. The number of hydrogen-bond acceptors (Lipinski definition) is 2. The average Bonchev–Trinajstić information content (AvgIpc) is 2.39. The lowest BCUT2D eigenvalue weighted by Crippen LogP contribution is -2.17. The third kappa shape index (κ3) is 3.92. The van der Waals surface area contributed by atoms with E-state index in [0.717, 1.165) is 28.7 Å². The lowest BCUT2D eigenvalue weighted by atomic mass is 10.1. The summed E-state index contributed by atoms with van der Waals surface area (Å²) in [4.78, 5) is 2.21. The van der Waals surface area contributed by atoms with Crippen LogP contribution in [0.3, 0.4) is 0 Å². The molecule has 0 atom stereocenters. The van der Waals surface area contributed by atoms with Gasteiger partial charge in [0.2, 0.25) is 0 Å². The van der Waals surface area contributed by atoms with Gasteiger partial charge in [-0.05, 0) is 36.4 Å². The largest absolute Gasteiger partial charge is 0.298 e. The molecule has 0 radical (unpaired) electrons. The van der Waals surface area contributed by atoms with E-state index in [0.29, 0.717) is 0 Å². The van der Waals surface area contributed by atoms with Gasteiger partial charge in [-0.3, -0.25) is 4.90 Å². The van der Waals surface area contributed by atoms with Crippen LogP contribution >= 0.6 is 15.9 Å². The van der Waals surface area contributed by atoms with E-state index in [2.05, 4.69) is 46.1 Å². The van der Waals surface area contributed by atoms with Crippen molar-refractivity contribution < 1.29 is 0 Å². The van der Waals surface area contributed by atoms with Crippen molar-refractivity contribution in [2.24, 2.45) is 0 Å². The van der Waals surface area contributed by atoms with Crippen molar-refractivity contribution >= 4 is 15.9 Å². The summed E-state index contributed by atoms with van der Waals surface area (Å²) in [5.41, 5.74) is 3.08. The molecule has 3 heteroatoms. The highest BCUT2D eigenvalue weighted by atomic mass is 79.9. The zero-order valence-electron chi connectivity index (χ0n) is 10.8.